The maximum Gasteiger partial charge on any atom is 0.376 e. The summed E-state index contributed by atoms with van der Waals surface area (Å²) in [5.74, 6) is -0.567. The van der Waals surface area contributed by atoms with Crippen molar-refractivity contribution in [1.29, 1.82) is 0 Å². The molecule has 0 N–H and O–H groups in total. The molecule has 18 heavy (non-hydrogen) atoms. The number of hydrogen-bond acceptors (Lipinski definition) is 5. The second kappa shape index (κ2) is 6.65. The molecular weight excluding hydrogens is 250 g/mol. The van der Waals surface area contributed by atoms with Gasteiger partial charge in [0, 0.05) is 14.7 Å². The Bertz CT molecular complexity index is 431. The van der Waals surface area contributed by atoms with E-state index in [1.165, 1.54) is 4.57 Å². The van der Waals surface area contributed by atoms with Crippen molar-refractivity contribution in [3.05, 3.63) is 12.1 Å². The summed E-state index contributed by atoms with van der Waals surface area (Å²) >= 11 is 0. The minimum atomic E-state index is -1.14. The van der Waals surface area contributed by atoms with Gasteiger partial charge in [-0.3, -0.25) is 4.57 Å². The van der Waals surface area contributed by atoms with Crippen molar-refractivity contribution in [2.45, 2.75) is 39.3 Å². The molecule has 0 unspecified atom stereocenters. The first-order chi connectivity index (χ1) is 8.85. The number of carbonyl (C=O) groups excluding carboxylic acids is 1. The van der Waals surface area contributed by atoms with Gasteiger partial charge in [-0.25, -0.2) is 4.79 Å². The molecular formula is C11H21N3O3Si. The summed E-state index contributed by atoms with van der Waals surface area (Å²) in [6.07, 6.45) is -0.101. The zero-order valence-electron chi connectivity index (χ0n) is 12.4. The van der Waals surface area contributed by atoms with Gasteiger partial charge in [-0.05, 0) is 13.0 Å². The number of esters is 1. The second-order valence-electron chi connectivity index (χ2n) is 5.12. The molecule has 1 aromatic rings. The van der Waals surface area contributed by atoms with Crippen LogP contribution in [0.1, 0.15) is 18.9 Å². The van der Waals surface area contributed by atoms with Crippen LogP contribution in [-0.2, 0) is 16.2 Å². The molecule has 0 atom stereocenters. The Hall–Kier alpha value is -1.21. The SMILES string of the molecule is [2H]c1nnc(C(=O)OCC)n1COCC[Si](C)(C)C. The third-order valence-electron chi connectivity index (χ3n) is 2.24. The smallest absolute Gasteiger partial charge is 0.376 e. The molecule has 0 bridgehead atoms. The number of carbonyl (C=O) groups is 1. The summed E-state index contributed by atoms with van der Waals surface area (Å²) in [6, 6.07) is 1.02. The van der Waals surface area contributed by atoms with Gasteiger partial charge >= 0.3 is 5.97 Å². The Morgan fingerprint density at radius 3 is 2.89 bits per heavy atom. The van der Waals surface area contributed by atoms with Gasteiger partial charge < -0.3 is 9.47 Å². The van der Waals surface area contributed by atoms with Crippen LogP contribution in [0.15, 0.2) is 6.30 Å². The zero-order valence-corrected chi connectivity index (χ0v) is 12.4. The fraction of sp³-hybridized carbons (Fsp3) is 0.727. The van der Waals surface area contributed by atoms with Gasteiger partial charge in [-0.15, -0.1) is 10.2 Å². The lowest BCUT2D eigenvalue weighted by Gasteiger charge is -2.15. The molecule has 6 nitrogen and oxygen atoms in total. The van der Waals surface area contributed by atoms with Crippen LogP contribution in [0.5, 0.6) is 0 Å². The van der Waals surface area contributed by atoms with E-state index in [1.54, 1.807) is 6.92 Å². The third kappa shape index (κ3) is 4.97. The standard InChI is InChI=1S/C11H21N3O3Si/c1-5-17-11(15)10-13-12-8-14(10)9-16-6-7-18(2,3)4/h8H,5-7,9H2,1-4H3/i8D. The van der Waals surface area contributed by atoms with Gasteiger partial charge in [0.1, 0.15) is 14.4 Å². The third-order valence-corrected chi connectivity index (χ3v) is 3.94. The predicted octanol–water partition coefficient (Wildman–Crippen LogP) is 1.77. The van der Waals surface area contributed by atoms with Gasteiger partial charge in [0.25, 0.3) is 0 Å². The van der Waals surface area contributed by atoms with Gasteiger partial charge in [0.2, 0.25) is 5.82 Å². The van der Waals surface area contributed by atoms with E-state index in [4.69, 9.17) is 10.8 Å². The highest BCUT2D eigenvalue weighted by Crippen LogP contribution is 2.08. The molecule has 0 spiro atoms. The first-order valence-electron chi connectivity index (χ1n) is 6.50. The van der Waals surface area contributed by atoms with Gasteiger partial charge in [0.15, 0.2) is 0 Å². The van der Waals surface area contributed by atoms with Crippen molar-refractivity contribution in [3.8, 4) is 0 Å². The molecule has 7 heteroatoms. The van der Waals surface area contributed by atoms with E-state index in [-0.39, 0.29) is 25.5 Å². The van der Waals surface area contributed by atoms with E-state index in [0.29, 0.717) is 6.61 Å². The minimum absolute atomic E-state index is 0.0138. The van der Waals surface area contributed by atoms with Gasteiger partial charge in [-0.2, -0.15) is 0 Å². The molecule has 0 fully saturated rings. The Kier molecular flexibility index (Phi) is 4.88. The van der Waals surface area contributed by atoms with Crippen LogP contribution in [-0.4, -0.2) is 42.0 Å². The highest BCUT2D eigenvalue weighted by atomic mass is 28.3. The van der Waals surface area contributed by atoms with E-state index in [0.717, 1.165) is 6.04 Å². The highest BCUT2D eigenvalue weighted by Gasteiger charge is 2.16. The summed E-state index contributed by atoms with van der Waals surface area (Å²) in [7, 11) is -1.14. The Morgan fingerprint density at radius 2 is 2.28 bits per heavy atom. The monoisotopic (exact) mass is 272 g/mol. The molecule has 0 aliphatic rings. The fourth-order valence-electron chi connectivity index (χ4n) is 1.20. The first kappa shape index (κ1) is 13.2. The number of aromatic nitrogens is 3. The van der Waals surface area contributed by atoms with Crippen molar-refractivity contribution in [1.82, 2.24) is 14.8 Å². The van der Waals surface area contributed by atoms with Crippen molar-refractivity contribution in [3.63, 3.8) is 0 Å². The van der Waals surface area contributed by atoms with Crippen molar-refractivity contribution in [2.24, 2.45) is 0 Å². The van der Waals surface area contributed by atoms with Crippen LogP contribution in [0, 0.1) is 0 Å². The largest absolute Gasteiger partial charge is 0.460 e. The lowest BCUT2D eigenvalue weighted by Crippen LogP contribution is -2.22. The Morgan fingerprint density at radius 1 is 1.56 bits per heavy atom. The normalized spacial score (nSPS) is 12.3. The van der Waals surface area contributed by atoms with Crippen LogP contribution < -0.4 is 0 Å². The minimum Gasteiger partial charge on any atom is -0.460 e. The average Bonchev–Trinajstić information content (AvgIpc) is 2.65. The summed E-state index contributed by atoms with van der Waals surface area (Å²) in [6.45, 7) is 9.46. The Balaban J connectivity index is 2.58. The molecule has 0 aromatic carbocycles. The molecule has 102 valence electrons. The number of hydrogen-bond donors (Lipinski definition) is 0. The van der Waals surface area contributed by atoms with Crippen LogP contribution in [0.3, 0.4) is 0 Å². The number of rotatable bonds is 7. The van der Waals surface area contributed by atoms with E-state index < -0.39 is 14.0 Å². The quantitative estimate of drug-likeness (QED) is 0.430. The maximum absolute atomic E-state index is 11.6. The number of ether oxygens (including phenoxy) is 2. The van der Waals surface area contributed by atoms with Crippen LogP contribution in [0.25, 0.3) is 0 Å². The van der Waals surface area contributed by atoms with E-state index >= 15 is 0 Å². The van der Waals surface area contributed by atoms with Gasteiger partial charge in [0.05, 0.1) is 6.61 Å². The van der Waals surface area contributed by atoms with Crippen LogP contribution in [0.4, 0.5) is 0 Å². The highest BCUT2D eigenvalue weighted by molar-refractivity contribution is 6.76. The van der Waals surface area contributed by atoms with E-state index in [9.17, 15) is 4.79 Å². The molecule has 1 rings (SSSR count). The number of nitrogens with zero attached hydrogens (tertiary/aromatic N) is 3. The molecule has 1 heterocycles. The summed E-state index contributed by atoms with van der Waals surface area (Å²) in [5.41, 5.74) is 0. The van der Waals surface area contributed by atoms with Gasteiger partial charge in [-0.1, -0.05) is 19.6 Å². The van der Waals surface area contributed by atoms with Crippen molar-refractivity contribution in [2.75, 3.05) is 13.2 Å². The average molecular weight is 272 g/mol. The van der Waals surface area contributed by atoms with Crippen LogP contribution in [0.2, 0.25) is 25.7 Å². The van der Waals surface area contributed by atoms with E-state index in [1.807, 2.05) is 0 Å². The van der Waals surface area contributed by atoms with E-state index in [2.05, 4.69) is 29.8 Å². The lowest BCUT2D eigenvalue weighted by molar-refractivity contribution is 0.0464. The lowest BCUT2D eigenvalue weighted by atomic mass is 10.6. The molecule has 0 saturated heterocycles. The predicted molar refractivity (Wildman–Crippen MR) is 70.1 cm³/mol. The topological polar surface area (TPSA) is 66.2 Å². The molecule has 0 aliphatic heterocycles. The summed E-state index contributed by atoms with van der Waals surface area (Å²) < 4.78 is 19.2. The zero-order chi connectivity index (χ0) is 14.5. The van der Waals surface area contributed by atoms with Crippen molar-refractivity contribution < 1.29 is 15.6 Å². The summed E-state index contributed by atoms with van der Waals surface area (Å²) in [4.78, 5) is 11.6. The first-order valence-corrected chi connectivity index (χ1v) is 9.70. The Labute approximate surface area is 110 Å². The second-order valence-corrected chi connectivity index (χ2v) is 10.7. The molecule has 1 aromatic heterocycles. The molecule has 0 radical (unpaired) electrons. The molecule has 0 saturated carbocycles. The molecule has 0 amide bonds. The van der Waals surface area contributed by atoms with Crippen LogP contribution >= 0.6 is 0 Å². The van der Waals surface area contributed by atoms with Crippen molar-refractivity contribution >= 4 is 14.0 Å². The summed E-state index contributed by atoms with van der Waals surface area (Å²) in [5, 5.41) is 7.20. The fourth-order valence-corrected chi connectivity index (χ4v) is 1.95. The molecule has 0 aliphatic carbocycles. The maximum atomic E-state index is 11.6.